The van der Waals surface area contributed by atoms with Crippen LogP contribution in [-0.4, -0.2) is 15.5 Å². The lowest BCUT2D eigenvalue weighted by Crippen LogP contribution is -2.26. The summed E-state index contributed by atoms with van der Waals surface area (Å²) >= 11 is 0. The number of hydrogen-bond donors (Lipinski definition) is 2. The number of pyridine rings is 1. The van der Waals surface area contributed by atoms with E-state index in [1.165, 1.54) is 0 Å². The van der Waals surface area contributed by atoms with Crippen molar-refractivity contribution >= 4 is 22.5 Å². The van der Waals surface area contributed by atoms with Crippen molar-refractivity contribution in [1.82, 2.24) is 9.55 Å². The van der Waals surface area contributed by atoms with Crippen LogP contribution in [0.2, 0.25) is 0 Å². The standard InChI is InChI=1S/C20H23N3O2/c1-13(2)10-18(23-8-4-5-9-23)20(25)21-15-6-7-16-14(3)11-19(24)22-17(16)12-15/h4-9,11-13,18H,10H2,1-3H3,(H,21,25)(H,22,24)/t18-/m0/s1. The normalized spacial score (nSPS) is 12.5. The number of carbonyl (C=O) groups is 1. The Bertz CT molecular complexity index is 939. The summed E-state index contributed by atoms with van der Waals surface area (Å²) in [6.45, 7) is 6.11. The molecule has 2 aromatic heterocycles. The van der Waals surface area contributed by atoms with Crippen molar-refractivity contribution in [2.45, 2.75) is 33.2 Å². The topological polar surface area (TPSA) is 66.9 Å². The van der Waals surface area contributed by atoms with Crippen LogP contribution in [0.1, 0.15) is 31.9 Å². The number of H-pyrrole nitrogens is 1. The van der Waals surface area contributed by atoms with Gasteiger partial charge in [0.05, 0.1) is 5.52 Å². The fourth-order valence-corrected chi connectivity index (χ4v) is 3.10. The Kier molecular flexibility index (Phi) is 4.74. The van der Waals surface area contributed by atoms with E-state index in [0.717, 1.165) is 22.9 Å². The number of nitrogens with zero attached hydrogens (tertiary/aromatic N) is 1. The lowest BCUT2D eigenvalue weighted by Gasteiger charge is -2.20. The second kappa shape index (κ2) is 6.97. The zero-order valence-corrected chi connectivity index (χ0v) is 14.7. The van der Waals surface area contributed by atoms with Crippen molar-refractivity contribution in [3.63, 3.8) is 0 Å². The number of amides is 1. The third kappa shape index (κ3) is 3.82. The summed E-state index contributed by atoms with van der Waals surface area (Å²) in [5.74, 6) is 0.341. The molecule has 0 spiro atoms. The summed E-state index contributed by atoms with van der Waals surface area (Å²) in [4.78, 5) is 27.3. The molecule has 5 nitrogen and oxygen atoms in total. The monoisotopic (exact) mass is 337 g/mol. The van der Waals surface area contributed by atoms with Crippen LogP contribution in [0.15, 0.2) is 53.6 Å². The highest BCUT2D eigenvalue weighted by atomic mass is 16.2. The number of fused-ring (bicyclic) bond motifs is 1. The fraction of sp³-hybridized carbons (Fsp3) is 0.300. The van der Waals surface area contributed by atoms with Crippen LogP contribution in [0.4, 0.5) is 5.69 Å². The number of aryl methyl sites for hydroxylation is 1. The Morgan fingerprint density at radius 1 is 1.20 bits per heavy atom. The largest absolute Gasteiger partial charge is 0.342 e. The smallest absolute Gasteiger partial charge is 0.248 e. The minimum atomic E-state index is -0.262. The zero-order chi connectivity index (χ0) is 18.0. The Morgan fingerprint density at radius 3 is 2.60 bits per heavy atom. The summed E-state index contributed by atoms with van der Waals surface area (Å²) in [6, 6.07) is 10.8. The van der Waals surface area contributed by atoms with E-state index in [2.05, 4.69) is 24.1 Å². The first kappa shape index (κ1) is 17.0. The van der Waals surface area contributed by atoms with E-state index in [1.807, 2.05) is 54.2 Å². The van der Waals surface area contributed by atoms with Gasteiger partial charge in [0.25, 0.3) is 0 Å². The second-order valence-electron chi connectivity index (χ2n) is 6.84. The van der Waals surface area contributed by atoms with E-state index in [4.69, 9.17) is 0 Å². The molecule has 1 aromatic carbocycles. The lowest BCUT2D eigenvalue weighted by atomic mass is 10.0. The van der Waals surface area contributed by atoms with Gasteiger partial charge in [-0.3, -0.25) is 9.59 Å². The van der Waals surface area contributed by atoms with Gasteiger partial charge in [-0.05, 0) is 49.1 Å². The zero-order valence-electron chi connectivity index (χ0n) is 14.7. The van der Waals surface area contributed by atoms with Gasteiger partial charge in [0, 0.05) is 29.5 Å². The molecule has 0 fully saturated rings. The molecule has 25 heavy (non-hydrogen) atoms. The predicted molar refractivity (Wildman–Crippen MR) is 101 cm³/mol. The van der Waals surface area contributed by atoms with E-state index in [9.17, 15) is 9.59 Å². The molecule has 0 radical (unpaired) electrons. The molecule has 0 bridgehead atoms. The quantitative estimate of drug-likeness (QED) is 0.742. The van der Waals surface area contributed by atoms with Gasteiger partial charge in [0.1, 0.15) is 6.04 Å². The molecule has 0 unspecified atom stereocenters. The minimum absolute atomic E-state index is 0.0562. The second-order valence-corrected chi connectivity index (χ2v) is 6.84. The van der Waals surface area contributed by atoms with Gasteiger partial charge < -0.3 is 14.9 Å². The van der Waals surface area contributed by atoms with Crippen molar-refractivity contribution in [3.05, 3.63) is 64.7 Å². The minimum Gasteiger partial charge on any atom is -0.342 e. The van der Waals surface area contributed by atoms with Gasteiger partial charge in [-0.1, -0.05) is 19.9 Å². The molecule has 3 rings (SSSR count). The van der Waals surface area contributed by atoms with E-state index in [0.29, 0.717) is 11.6 Å². The highest BCUT2D eigenvalue weighted by molar-refractivity contribution is 5.96. The fourth-order valence-electron chi connectivity index (χ4n) is 3.10. The molecule has 0 aliphatic heterocycles. The van der Waals surface area contributed by atoms with Crippen LogP contribution < -0.4 is 10.9 Å². The van der Waals surface area contributed by atoms with Gasteiger partial charge in [0.15, 0.2) is 0 Å². The average Bonchev–Trinajstić information content (AvgIpc) is 3.05. The van der Waals surface area contributed by atoms with Crippen LogP contribution >= 0.6 is 0 Å². The molecule has 1 atom stereocenters. The molecule has 5 heteroatoms. The first-order valence-electron chi connectivity index (χ1n) is 8.51. The molecule has 0 saturated heterocycles. The molecule has 2 heterocycles. The third-order valence-corrected chi connectivity index (χ3v) is 4.30. The average molecular weight is 337 g/mol. The van der Waals surface area contributed by atoms with E-state index >= 15 is 0 Å². The molecule has 2 N–H and O–H groups in total. The Labute approximate surface area is 146 Å². The molecule has 1 amide bonds. The Morgan fingerprint density at radius 2 is 1.92 bits per heavy atom. The lowest BCUT2D eigenvalue weighted by molar-refractivity contribution is -0.119. The predicted octanol–water partition coefficient (Wildman–Crippen LogP) is 3.86. The van der Waals surface area contributed by atoms with Gasteiger partial charge >= 0.3 is 0 Å². The molecule has 130 valence electrons. The van der Waals surface area contributed by atoms with E-state index < -0.39 is 0 Å². The van der Waals surface area contributed by atoms with E-state index in [-0.39, 0.29) is 17.5 Å². The first-order chi connectivity index (χ1) is 11.9. The van der Waals surface area contributed by atoms with Crippen molar-refractivity contribution in [3.8, 4) is 0 Å². The van der Waals surface area contributed by atoms with Crippen LogP contribution in [-0.2, 0) is 4.79 Å². The summed E-state index contributed by atoms with van der Waals surface area (Å²) < 4.78 is 1.93. The Hall–Kier alpha value is -2.82. The van der Waals surface area contributed by atoms with Gasteiger partial charge in [-0.15, -0.1) is 0 Å². The number of hydrogen-bond acceptors (Lipinski definition) is 2. The number of benzene rings is 1. The number of aromatic amines is 1. The Balaban J connectivity index is 1.88. The van der Waals surface area contributed by atoms with Crippen LogP contribution in [0.25, 0.3) is 10.9 Å². The van der Waals surface area contributed by atoms with Crippen LogP contribution in [0.3, 0.4) is 0 Å². The SMILES string of the molecule is Cc1cc(=O)[nH]c2cc(NC(=O)[C@H](CC(C)C)n3cccc3)ccc12. The molecule has 0 saturated carbocycles. The van der Waals surface area contributed by atoms with Crippen LogP contribution in [0, 0.1) is 12.8 Å². The van der Waals surface area contributed by atoms with Crippen molar-refractivity contribution in [1.29, 1.82) is 0 Å². The van der Waals surface area contributed by atoms with Gasteiger partial charge in [-0.25, -0.2) is 0 Å². The molecule has 3 aromatic rings. The maximum atomic E-state index is 12.8. The number of anilines is 1. The molecule has 0 aliphatic carbocycles. The summed E-state index contributed by atoms with van der Waals surface area (Å²) in [6.07, 6.45) is 4.58. The van der Waals surface area contributed by atoms with Crippen molar-refractivity contribution in [2.24, 2.45) is 5.92 Å². The van der Waals surface area contributed by atoms with Gasteiger partial charge in [0.2, 0.25) is 11.5 Å². The summed E-state index contributed by atoms with van der Waals surface area (Å²) in [5.41, 5.74) is 2.18. The molecule has 0 aliphatic rings. The highest BCUT2D eigenvalue weighted by Gasteiger charge is 2.21. The van der Waals surface area contributed by atoms with Gasteiger partial charge in [-0.2, -0.15) is 0 Å². The van der Waals surface area contributed by atoms with E-state index in [1.54, 1.807) is 6.07 Å². The maximum absolute atomic E-state index is 12.8. The molecular weight excluding hydrogens is 314 g/mol. The number of aromatic nitrogens is 2. The maximum Gasteiger partial charge on any atom is 0.248 e. The number of carbonyl (C=O) groups excluding carboxylic acids is 1. The van der Waals surface area contributed by atoms with Crippen molar-refractivity contribution < 1.29 is 4.79 Å². The summed E-state index contributed by atoms with van der Waals surface area (Å²) in [5, 5.41) is 3.96. The third-order valence-electron chi connectivity index (χ3n) is 4.30. The highest BCUT2D eigenvalue weighted by Crippen LogP contribution is 2.23. The number of nitrogens with one attached hydrogen (secondary N) is 2. The van der Waals surface area contributed by atoms with Crippen molar-refractivity contribution in [2.75, 3.05) is 5.32 Å². The molecular formula is C20H23N3O2. The number of rotatable bonds is 5. The summed E-state index contributed by atoms with van der Waals surface area (Å²) in [7, 11) is 0. The first-order valence-corrected chi connectivity index (χ1v) is 8.51. The van der Waals surface area contributed by atoms with Crippen LogP contribution in [0.5, 0.6) is 0 Å².